The molecule has 3 unspecified atom stereocenters. The number of nitrogens with two attached hydrogens (primary N) is 3. The summed E-state index contributed by atoms with van der Waals surface area (Å²) in [5.41, 5.74) is 16.4. The minimum Gasteiger partial charge on any atom is -0.480 e. The molecule has 0 fully saturated rings. The number of aromatic amines is 1. The number of carbonyl (C=O) groups is 4. The second-order valence-corrected chi connectivity index (χ2v) is 8.14. The van der Waals surface area contributed by atoms with Gasteiger partial charge in [0.2, 0.25) is 17.7 Å². The van der Waals surface area contributed by atoms with Gasteiger partial charge in [0.25, 0.3) is 0 Å². The van der Waals surface area contributed by atoms with Crippen LogP contribution in [-0.4, -0.2) is 75.9 Å². The zero-order valence-electron chi connectivity index (χ0n) is 19.4. The molecule has 1 rings (SSSR count). The van der Waals surface area contributed by atoms with Gasteiger partial charge in [-0.3, -0.25) is 19.4 Å². The lowest BCUT2D eigenvalue weighted by Crippen LogP contribution is -2.57. The molecule has 0 aliphatic heterocycles. The molecule has 34 heavy (non-hydrogen) atoms. The van der Waals surface area contributed by atoms with E-state index < -0.39 is 41.8 Å². The summed E-state index contributed by atoms with van der Waals surface area (Å²) in [6.45, 7) is 3.67. The van der Waals surface area contributed by atoms with Gasteiger partial charge < -0.3 is 43.2 Å². The molecule has 0 aliphatic rings. The van der Waals surface area contributed by atoms with Crippen molar-refractivity contribution in [2.75, 3.05) is 13.1 Å². The second-order valence-electron chi connectivity index (χ2n) is 8.14. The second kappa shape index (κ2) is 14.5. The SMILES string of the molecule is CC(C)CC(NC(=O)CN)C(=O)NC(Cc1cnc[nH]1)C(=O)NC(CCCN=C(N)N)C(=O)O. The molecule has 190 valence electrons. The number of imidazole rings is 1. The number of guanidine groups is 1. The number of carbonyl (C=O) groups excluding carboxylic acids is 3. The van der Waals surface area contributed by atoms with Crippen molar-refractivity contribution in [3.63, 3.8) is 0 Å². The van der Waals surface area contributed by atoms with E-state index in [4.69, 9.17) is 17.2 Å². The summed E-state index contributed by atoms with van der Waals surface area (Å²) < 4.78 is 0. The summed E-state index contributed by atoms with van der Waals surface area (Å²) in [4.78, 5) is 59.9. The number of aromatic nitrogens is 2. The van der Waals surface area contributed by atoms with E-state index in [0.29, 0.717) is 18.5 Å². The Kier molecular flexibility index (Phi) is 12.1. The summed E-state index contributed by atoms with van der Waals surface area (Å²) in [6, 6.07) is -3.26. The first-order chi connectivity index (χ1) is 16.0. The Hall–Kier alpha value is -3.68. The normalized spacial score (nSPS) is 13.4. The van der Waals surface area contributed by atoms with Crippen LogP contribution in [0.2, 0.25) is 0 Å². The fraction of sp³-hybridized carbons (Fsp3) is 0.600. The summed E-state index contributed by atoms with van der Waals surface area (Å²) in [6.07, 6.45) is 3.63. The molecule has 0 spiro atoms. The topological polar surface area (TPSA) is 244 Å². The molecule has 14 heteroatoms. The number of carboxylic acids is 1. The Morgan fingerprint density at radius 2 is 1.74 bits per heavy atom. The Morgan fingerprint density at radius 3 is 2.26 bits per heavy atom. The molecule has 0 radical (unpaired) electrons. The van der Waals surface area contributed by atoms with Gasteiger partial charge in [-0.15, -0.1) is 0 Å². The van der Waals surface area contributed by atoms with Gasteiger partial charge >= 0.3 is 5.97 Å². The fourth-order valence-electron chi connectivity index (χ4n) is 3.09. The van der Waals surface area contributed by atoms with Crippen molar-refractivity contribution < 1.29 is 24.3 Å². The van der Waals surface area contributed by atoms with E-state index in [1.54, 1.807) is 0 Å². The van der Waals surface area contributed by atoms with Crippen LogP contribution < -0.4 is 33.2 Å². The van der Waals surface area contributed by atoms with E-state index in [9.17, 15) is 24.3 Å². The average Bonchev–Trinajstić information content (AvgIpc) is 3.27. The number of hydrogen-bond donors (Lipinski definition) is 8. The quantitative estimate of drug-likeness (QED) is 0.0751. The van der Waals surface area contributed by atoms with Crippen molar-refractivity contribution >= 4 is 29.7 Å². The molecule has 14 nitrogen and oxygen atoms in total. The van der Waals surface area contributed by atoms with Crippen LogP contribution in [0.3, 0.4) is 0 Å². The van der Waals surface area contributed by atoms with Gasteiger partial charge in [0.15, 0.2) is 5.96 Å². The predicted molar refractivity (Wildman–Crippen MR) is 124 cm³/mol. The summed E-state index contributed by atoms with van der Waals surface area (Å²) in [5.74, 6) is -3.09. The van der Waals surface area contributed by atoms with Crippen LogP contribution in [0.5, 0.6) is 0 Å². The Balaban J connectivity index is 2.97. The van der Waals surface area contributed by atoms with Crippen molar-refractivity contribution in [1.29, 1.82) is 0 Å². The number of rotatable bonds is 15. The first-order valence-corrected chi connectivity index (χ1v) is 10.9. The van der Waals surface area contributed by atoms with Crippen molar-refractivity contribution in [1.82, 2.24) is 25.9 Å². The maximum absolute atomic E-state index is 13.0. The number of aliphatic carboxylic acids is 1. The molecule has 0 saturated heterocycles. The third-order valence-electron chi connectivity index (χ3n) is 4.72. The van der Waals surface area contributed by atoms with Crippen LogP contribution >= 0.6 is 0 Å². The van der Waals surface area contributed by atoms with Crippen LogP contribution in [0.25, 0.3) is 0 Å². The van der Waals surface area contributed by atoms with Gasteiger partial charge in [-0.2, -0.15) is 0 Å². The van der Waals surface area contributed by atoms with Crippen LogP contribution in [0.1, 0.15) is 38.8 Å². The number of aliphatic imine (C=N–C) groups is 1. The van der Waals surface area contributed by atoms with Crippen LogP contribution in [0.15, 0.2) is 17.5 Å². The molecule has 3 amide bonds. The number of nitrogens with zero attached hydrogens (tertiary/aromatic N) is 2. The molecule has 11 N–H and O–H groups in total. The average molecular weight is 482 g/mol. The lowest BCUT2D eigenvalue weighted by Gasteiger charge is -2.25. The molecule has 3 atom stereocenters. The van der Waals surface area contributed by atoms with Gasteiger partial charge in [-0.1, -0.05) is 13.8 Å². The van der Waals surface area contributed by atoms with Crippen LogP contribution in [0.4, 0.5) is 0 Å². The number of H-pyrrole nitrogens is 1. The van der Waals surface area contributed by atoms with Gasteiger partial charge in [-0.25, -0.2) is 9.78 Å². The molecule has 1 aromatic heterocycles. The Labute approximate surface area is 197 Å². The smallest absolute Gasteiger partial charge is 0.326 e. The zero-order chi connectivity index (χ0) is 25.7. The fourth-order valence-corrected chi connectivity index (χ4v) is 3.09. The molecule has 0 saturated carbocycles. The molecule has 0 aromatic carbocycles. The molecular formula is C20H35N9O5. The Morgan fingerprint density at radius 1 is 1.09 bits per heavy atom. The third-order valence-corrected chi connectivity index (χ3v) is 4.72. The number of amides is 3. The van der Waals surface area contributed by atoms with E-state index in [0.717, 1.165) is 0 Å². The highest BCUT2D eigenvalue weighted by molar-refractivity contribution is 5.93. The van der Waals surface area contributed by atoms with Crippen molar-refractivity contribution in [2.24, 2.45) is 28.1 Å². The van der Waals surface area contributed by atoms with Crippen molar-refractivity contribution in [2.45, 2.75) is 57.7 Å². The van der Waals surface area contributed by atoms with Crippen molar-refractivity contribution in [3.8, 4) is 0 Å². The van der Waals surface area contributed by atoms with E-state index in [2.05, 4.69) is 30.9 Å². The van der Waals surface area contributed by atoms with Gasteiger partial charge in [0.05, 0.1) is 12.9 Å². The summed E-state index contributed by atoms with van der Waals surface area (Å²) >= 11 is 0. The molecule has 0 aliphatic carbocycles. The van der Waals surface area contributed by atoms with E-state index in [1.165, 1.54) is 12.5 Å². The highest BCUT2D eigenvalue weighted by Gasteiger charge is 2.30. The maximum Gasteiger partial charge on any atom is 0.326 e. The largest absolute Gasteiger partial charge is 0.480 e. The lowest BCUT2D eigenvalue weighted by molar-refractivity contribution is -0.142. The predicted octanol–water partition coefficient (Wildman–Crippen LogP) is -2.45. The van der Waals surface area contributed by atoms with Crippen LogP contribution in [-0.2, 0) is 25.6 Å². The van der Waals surface area contributed by atoms with E-state index >= 15 is 0 Å². The maximum atomic E-state index is 13.0. The zero-order valence-corrected chi connectivity index (χ0v) is 19.4. The molecule has 1 heterocycles. The Bertz CT molecular complexity index is 837. The first kappa shape index (κ1) is 28.4. The highest BCUT2D eigenvalue weighted by atomic mass is 16.4. The monoisotopic (exact) mass is 481 g/mol. The van der Waals surface area contributed by atoms with Gasteiger partial charge in [0.1, 0.15) is 18.1 Å². The minimum atomic E-state index is -1.24. The van der Waals surface area contributed by atoms with Gasteiger partial charge in [-0.05, 0) is 25.2 Å². The molecule has 0 bridgehead atoms. The first-order valence-electron chi connectivity index (χ1n) is 10.9. The van der Waals surface area contributed by atoms with E-state index in [1.807, 2.05) is 13.8 Å². The standard InChI is InChI=1S/C20H35N9O5/c1-11(2)6-14(27-16(30)8-21)17(31)29-15(7-12-9-24-10-26-12)18(32)28-13(19(33)34)4-3-5-25-20(22)23/h9-11,13-15H,3-8,21H2,1-2H3,(H,24,26)(H,27,30)(H,28,32)(H,29,31)(H,33,34)(H4,22,23,25). The minimum absolute atomic E-state index is 0.0249. The van der Waals surface area contributed by atoms with E-state index in [-0.39, 0.29) is 37.8 Å². The molecule has 1 aromatic rings. The van der Waals surface area contributed by atoms with Crippen molar-refractivity contribution in [3.05, 3.63) is 18.2 Å². The number of nitrogens with one attached hydrogen (secondary N) is 4. The third kappa shape index (κ3) is 10.8. The lowest BCUT2D eigenvalue weighted by atomic mass is 10.0. The highest BCUT2D eigenvalue weighted by Crippen LogP contribution is 2.08. The van der Waals surface area contributed by atoms with Crippen LogP contribution in [0, 0.1) is 5.92 Å². The number of carboxylic acid groups (broad SMARTS) is 1. The summed E-state index contributed by atoms with van der Waals surface area (Å²) in [5, 5.41) is 17.1. The van der Waals surface area contributed by atoms with Gasteiger partial charge in [0, 0.05) is 24.9 Å². The summed E-state index contributed by atoms with van der Waals surface area (Å²) in [7, 11) is 0. The molecular weight excluding hydrogens is 446 g/mol. The number of hydrogen-bond acceptors (Lipinski definition) is 7.